The topological polar surface area (TPSA) is 95.9 Å². The maximum atomic E-state index is 11.1. The molecule has 0 aromatic heterocycles. The van der Waals surface area contributed by atoms with Crippen LogP contribution in [0.15, 0.2) is 0 Å². The summed E-state index contributed by atoms with van der Waals surface area (Å²) in [4.78, 5) is 21.7. The molecule has 14 heavy (non-hydrogen) atoms. The Morgan fingerprint density at radius 1 is 1.36 bits per heavy atom. The third-order valence-electron chi connectivity index (χ3n) is 2.20. The number of aliphatic hydroxyl groups is 1. The van der Waals surface area contributed by atoms with Crippen LogP contribution in [0.25, 0.3) is 0 Å². The van der Waals surface area contributed by atoms with Crippen LogP contribution in [0.1, 0.15) is 12.8 Å². The second-order valence-electron chi connectivity index (χ2n) is 3.26. The number of nitrogens with one attached hydrogen (secondary N) is 1. The largest absolute Gasteiger partial charge is 0.480 e. The summed E-state index contributed by atoms with van der Waals surface area (Å²) in [5.74, 6) is -1.62. The summed E-state index contributed by atoms with van der Waals surface area (Å²) in [6.45, 7) is 0. The first-order valence-corrected chi connectivity index (χ1v) is 4.29. The van der Waals surface area contributed by atoms with Crippen molar-refractivity contribution in [3.8, 4) is 0 Å². The van der Waals surface area contributed by atoms with Crippen molar-refractivity contribution in [3.63, 3.8) is 0 Å². The van der Waals surface area contributed by atoms with Crippen molar-refractivity contribution in [2.45, 2.75) is 31.0 Å². The number of esters is 1. The Bertz CT molecular complexity index is 242. The number of rotatable bonds is 2. The number of ether oxygens (including phenoxy) is 1. The van der Waals surface area contributed by atoms with E-state index in [0.717, 1.165) is 0 Å². The van der Waals surface area contributed by atoms with Crippen LogP contribution in [-0.4, -0.2) is 47.4 Å². The van der Waals surface area contributed by atoms with Gasteiger partial charge in [-0.25, -0.2) is 0 Å². The number of carbonyl (C=O) groups excluding carboxylic acids is 1. The molecule has 1 rings (SSSR count). The summed E-state index contributed by atoms with van der Waals surface area (Å²) in [5.41, 5.74) is 0. The van der Waals surface area contributed by atoms with Crippen molar-refractivity contribution in [1.29, 1.82) is 0 Å². The first kappa shape index (κ1) is 10.9. The number of methoxy groups -OCH3 is 1. The average molecular weight is 203 g/mol. The number of carbonyl (C=O) groups is 2. The monoisotopic (exact) mass is 203 g/mol. The van der Waals surface area contributed by atoms with E-state index in [-0.39, 0.29) is 12.8 Å². The van der Waals surface area contributed by atoms with Crippen molar-refractivity contribution < 1.29 is 24.5 Å². The first-order chi connectivity index (χ1) is 6.54. The molecule has 3 N–H and O–H groups in total. The quantitative estimate of drug-likeness (QED) is 0.484. The molecule has 1 aliphatic rings. The molecule has 0 spiro atoms. The smallest absolute Gasteiger partial charge is 0.322 e. The van der Waals surface area contributed by atoms with E-state index >= 15 is 0 Å². The maximum absolute atomic E-state index is 11.1. The van der Waals surface area contributed by atoms with E-state index in [9.17, 15) is 14.7 Å². The maximum Gasteiger partial charge on any atom is 0.322 e. The van der Waals surface area contributed by atoms with Crippen molar-refractivity contribution in [2.75, 3.05) is 7.11 Å². The molecule has 6 heteroatoms. The summed E-state index contributed by atoms with van der Waals surface area (Å²) in [6, 6.07) is -1.62. The normalized spacial score (nSPS) is 32.3. The third-order valence-corrected chi connectivity index (χ3v) is 2.20. The van der Waals surface area contributed by atoms with Gasteiger partial charge in [-0.3, -0.25) is 14.9 Å². The van der Waals surface area contributed by atoms with Crippen molar-refractivity contribution in [1.82, 2.24) is 5.32 Å². The van der Waals surface area contributed by atoms with Gasteiger partial charge in [-0.1, -0.05) is 0 Å². The summed E-state index contributed by atoms with van der Waals surface area (Å²) in [6.07, 6.45) is -0.472. The minimum Gasteiger partial charge on any atom is -0.480 e. The van der Waals surface area contributed by atoms with Gasteiger partial charge in [0.1, 0.15) is 12.1 Å². The van der Waals surface area contributed by atoms with Gasteiger partial charge < -0.3 is 14.9 Å². The standard InChI is InChI=1S/C8H13NO5/c1-14-8(13)6-3-4(10)2-5(9-6)7(11)12/h4-6,9-10H,2-3H2,1H3,(H,11,12). The fourth-order valence-electron chi connectivity index (χ4n) is 1.50. The van der Waals surface area contributed by atoms with Crippen LogP contribution < -0.4 is 5.32 Å². The lowest BCUT2D eigenvalue weighted by Gasteiger charge is -2.29. The van der Waals surface area contributed by atoms with Crippen LogP contribution >= 0.6 is 0 Å². The Morgan fingerprint density at radius 2 is 1.93 bits per heavy atom. The molecular formula is C8H13NO5. The Kier molecular flexibility index (Phi) is 3.43. The van der Waals surface area contributed by atoms with Crippen molar-refractivity contribution in [3.05, 3.63) is 0 Å². The van der Waals surface area contributed by atoms with Crippen LogP contribution in [0, 0.1) is 0 Å². The van der Waals surface area contributed by atoms with Gasteiger partial charge in [-0.2, -0.15) is 0 Å². The molecule has 3 unspecified atom stereocenters. The van der Waals surface area contributed by atoms with Crippen LogP contribution in [0.3, 0.4) is 0 Å². The Morgan fingerprint density at radius 3 is 2.43 bits per heavy atom. The van der Waals surface area contributed by atoms with Crippen LogP contribution in [0.5, 0.6) is 0 Å². The van der Waals surface area contributed by atoms with E-state index in [1.807, 2.05) is 0 Å². The number of hydrogen-bond donors (Lipinski definition) is 3. The SMILES string of the molecule is COC(=O)C1CC(O)CC(C(=O)O)N1. The van der Waals surface area contributed by atoms with Gasteiger partial charge in [0.25, 0.3) is 0 Å². The van der Waals surface area contributed by atoms with Crippen molar-refractivity contribution >= 4 is 11.9 Å². The van der Waals surface area contributed by atoms with E-state index in [2.05, 4.69) is 10.1 Å². The van der Waals surface area contributed by atoms with Crippen LogP contribution in [0.4, 0.5) is 0 Å². The zero-order valence-corrected chi connectivity index (χ0v) is 7.77. The Balaban J connectivity index is 2.62. The zero-order chi connectivity index (χ0) is 10.7. The van der Waals surface area contributed by atoms with E-state index in [0.29, 0.717) is 0 Å². The third kappa shape index (κ3) is 2.43. The molecule has 1 heterocycles. The van der Waals surface area contributed by atoms with Gasteiger partial charge in [-0.15, -0.1) is 0 Å². The molecule has 0 amide bonds. The number of aliphatic carboxylic acids is 1. The molecule has 6 nitrogen and oxygen atoms in total. The van der Waals surface area contributed by atoms with E-state index < -0.39 is 30.1 Å². The molecule has 3 atom stereocenters. The lowest BCUT2D eigenvalue weighted by molar-refractivity contribution is -0.148. The molecule has 1 aliphatic heterocycles. The highest BCUT2D eigenvalue weighted by atomic mass is 16.5. The lowest BCUT2D eigenvalue weighted by atomic mass is 9.96. The molecule has 1 fully saturated rings. The zero-order valence-electron chi connectivity index (χ0n) is 7.77. The van der Waals surface area contributed by atoms with Gasteiger partial charge in [0.15, 0.2) is 0 Å². The van der Waals surface area contributed by atoms with Crippen LogP contribution in [0.2, 0.25) is 0 Å². The summed E-state index contributed by atoms with van der Waals surface area (Å²) >= 11 is 0. The second-order valence-corrected chi connectivity index (χ2v) is 3.26. The van der Waals surface area contributed by atoms with Gasteiger partial charge in [0.05, 0.1) is 13.2 Å². The first-order valence-electron chi connectivity index (χ1n) is 4.29. The number of hydrogen-bond acceptors (Lipinski definition) is 5. The van der Waals surface area contributed by atoms with Crippen molar-refractivity contribution in [2.24, 2.45) is 0 Å². The molecular weight excluding hydrogens is 190 g/mol. The van der Waals surface area contributed by atoms with Gasteiger partial charge >= 0.3 is 11.9 Å². The van der Waals surface area contributed by atoms with E-state index in [4.69, 9.17) is 5.11 Å². The molecule has 0 aromatic carbocycles. The number of carboxylic acids is 1. The molecule has 0 aromatic rings. The van der Waals surface area contributed by atoms with Gasteiger partial charge in [-0.05, 0) is 12.8 Å². The fourth-order valence-corrected chi connectivity index (χ4v) is 1.50. The van der Waals surface area contributed by atoms with Crippen LogP contribution in [-0.2, 0) is 14.3 Å². The predicted octanol–water partition coefficient (Wildman–Crippen LogP) is -1.27. The molecule has 1 saturated heterocycles. The minimum atomic E-state index is -1.07. The number of carboxylic acid groups (broad SMARTS) is 1. The second kappa shape index (κ2) is 4.39. The number of piperidine rings is 1. The summed E-state index contributed by atoms with van der Waals surface area (Å²) < 4.78 is 4.46. The Hall–Kier alpha value is -1.14. The molecule has 0 aliphatic carbocycles. The minimum absolute atomic E-state index is 0.114. The average Bonchev–Trinajstić information content (AvgIpc) is 2.15. The predicted molar refractivity (Wildman–Crippen MR) is 45.6 cm³/mol. The summed E-state index contributed by atoms with van der Waals surface area (Å²) in [7, 11) is 1.22. The molecule has 80 valence electrons. The highest BCUT2D eigenvalue weighted by molar-refractivity contribution is 5.79. The molecule has 0 bridgehead atoms. The Labute approximate surface area is 80.9 Å². The van der Waals surface area contributed by atoms with Gasteiger partial charge in [0.2, 0.25) is 0 Å². The highest BCUT2D eigenvalue weighted by Gasteiger charge is 2.35. The van der Waals surface area contributed by atoms with E-state index in [1.165, 1.54) is 7.11 Å². The molecule has 0 saturated carbocycles. The summed E-state index contributed by atoms with van der Waals surface area (Å²) in [5, 5.41) is 20.6. The van der Waals surface area contributed by atoms with Gasteiger partial charge in [0, 0.05) is 0 Å². The number of aliphatic hydroxyl groups excluding tert-OH is 1. The molecule has 0 radical (unpaired) electrons. The highest BCUT2D eigenvalue weighted by Crippen LogP contribution is 2.14. The fraction of sp³-hybridized carbons (Fsp3) is 0.750. The lowest BCUT2D eigenvalue weighted by Crippen LogP contribution is -2.54. The van der Waals surface area contributed by atoms with E-state index in [1.54, 1.807) is 0 Å².